The van der Waals surface area contributed by atoms with Gasteiger partial charge in [0.2, 0.25) is 5.91 Å². The van der Waals surface area contributed by atoms with Gasteiger partial charge in [-0.3, -0.25) is 9.59 Å². The molecular weight excluding hydrogens is 328 g/mol. The molecule has 0 aromatic heterocycles. The summed E-state index contributed by atoms with van der Waals surface area (Å²) in [5.41, 5.74) is 2.73. The molecule has 0 atom stereocenters. The SMILES string of the molecule is COc1cc(C)c(C(=O)N2CCN(C(=O)C3CCC3)CC2)cc1C(C)C. The van der Waals surface area contributed by atoms with Crippen molar-refractivity contribution in [2.45, 2.75) is 46.0 Å². The molecule has 0 radical (unpaired) electrons. The summed E-state index contributed by atoms with van der Waals surface area (Å²) in [6.45, 7) is 8.68. The molecule has 142 valence electrons. The van der Waals surface area contributed by atoms with Crippen LogP contribution in [0.25, 0.3) is 0 Å². The van der Waals surface area contributed by atoms with Crippen LogP contribution in [-0.4, -0.2) is 54.9 Å². The fourth-order valence-electron chi connectivity index (χ4n) is 3.77. The zero-order valence-electron chi connectivity index (χ0n) is 16.4. The third-order valence-electron chi connectivity index (χ3n) is 5.76. The predicted octanol–water partition coefficient (Wildman–Crippen LogP) is 3.21. The Morgan fingerprint density at radius 2 is 1.69 bits per heavy atom. The van der Waals surface area contributed by atoms with Gasteiger partial charge in [-0.05, 0) is 48.9 Å². The van der Waals surface area contributed by atoms with E-state index in [9.17, 15) is 9.59 Å². The maximum Gasteiger partial charge on any atom is 0.254 e. The summed E-state index contributed by atoms with van der Waals surface area (Å²) in [4.78, 5) is 29.3. The Kier molecular flexibility index (Phi) is 5.54. The van der Waals surface area contributed by atoms with E-state index in [1.807, 2.05) is 28.9 Å². The number of hydrogen-bond donors (Lipinski definition) is 0. The normalized spacial score (nSPS) is 18.0. The second-order valence-electron chi connectivity index (χ2n) is 7.81. The summed E-state index contributed by atoms with van der Waals surface area (Å²) in [6.07, 6.45) is 3.23. The molecule has 0 bridgehead atoms. The maximum absolute atomic E-state index is 13.1. The Morgan fingerprint density at radius 3 is 2.19 bits per heavy atom. The summed E-state index contributed by atoms with van der Waals surface area (Å²) in [6, 6.07) is 3.94. The number of aryl methyl sites for hydroxylation is 1. The molecule has 26 heavy (non-hydrogen) atoms. The zero-order chi connectivity index (χ0) is 18.8. The van der Waals surface area contributed by atoms with Crippen LogP contribution in [-0.2, 0) is 4.79 Å². The molecule has 1 heterocycles. The molecule has 1 aliphatic heterocycles. The zero-order valence-corrected chi connectivity index (χ0v) is 16.4. The van der Waals surface area contributed by atoms with Crippen molar-refractivity contribution in [3.63, 3.8) is 0 Å². The van der Waals surface area contributed by atoms with Crippen LogP contribution < -0.4 is 4.74 Å². The van der Waals surface area contributed by atoms with Gasteiger partial charge in [-0.1, -0.05) is 20.3 Å². The molecule has 0 unspecified atom stereocenters. The van der Waals surface area contributed by atoms with Crippen LogP contribution >= 0.6 is 0 Å². The minimum Gasteiger partial charge on any atom is -0.496 e. The highest BCUT2D eigenvalue weighted by molar-refractivity contribution is 5.96. The van der Waals surface area contributed by atoms with E-state index in [0.717, 1.165) is 35.3 Å². The Hall–Kier alpha value is -2.04. The van der Waals surface area contributed by atoms with Crippen molar-refractivity contribution in [3.8, 4) is 5.75 Å². The molecule has 0 N–H and O–H groups in total. The van der Waals surface area contributed by atoms with Gasteiger partial charge in [-0.2, -0.15) is 0 Å². The van der Waals surface area contributed by atoms with E-state index in [-0.39, 0.29) is 23.7 Å². The Balaban J connectivity index is 1.70. The van der Waals surface area contributed by atoms with E-state index in [2.05, 4.69) is 13.8 Å². The first kappa shape index (κ1) is 18.7. The number of rotatable bonds is 4. The van der Waals surface area contributed by atoms with Crippen molar-refractivity contribution >= 4 is 11.8 Å². The van der Waals surface area contributed by atoms with Crippen LogP contribution in [0.15, 0.2) is 12.1 Å². The van der Waals surface area contributed by atoms with Crippen LogP contribution in [0.3, 0.4) is 0 Å². The monoisotopic (exact) mass is 358 g/mol. The lowest BCUT2D eigenvalue weighted by Gasteiger charge is -2.38. The first-order valence-corrected chi connectivity index (χ1v) is 9.69. The number of benzene rings is 1. The summed E-state index contributed by atoms with van der Waals surface area (Å²) in [5, 5.41) is 0. The van der Waals surface area contributed by atoms with Gasteiger partial charge in [-0.25, -0.2) is 0 Å². The molecule has 2 amide bonds. The number of ether oxygens (including phenoxy) is 1. The topological polar surface area (TPSA) is 49.9 Å². The van der Waals surface area contributed by atoms with Gasteiger partial charge in [0.25, 0.3) is 5.91 Å². The molecular formula is C21H30N2O3. The van der Waals surface area contributed by atoms with Crippen molar-refractivity contribution in [3.05, 3.63) is 28.8 Å². The van der Waals surface area contributed by atoms with E-state index < -0.39 is 0 Å². The van der Waals surface area contributed by atoms with Gasteiger partial charge in [0.05, 0.1) is 7.11 Å². The van der Waals surface area contributed by atoms with Crippen molar-refractivity contribution in [1.82, 2.24) is 9.80 Å². The van der Waals surface area contributed by atoms with E-state index in [4.69, 9.17) is 4.74 Å². The van der Waals surface area contributed by atoms with Gasteiger partial charge < -0.3 is 14.5 Å². The number of piperazine rings is 1. The second-order valence-corrected chi connectivity index (χ2v) is 7.81. The Morgan fingerprint density at radius 1 is 1.08 bits per heavy atom. The largest absolute Gasteiger partial charge is 0.496 e. The van der Waals surface area contributed by atoms with Gasteiger partial charge in [-0.15, -0.1) is 0 Å². The van der Waals surface area contributed by atoms with Crippen molar-refractivity contribution in [2.24, 2.45) is 5.92 Å². The molecule has 5 heteroatoms. The number of hydrogen-bond acceptors (Lipinski definition) is 3. The fourth-order valence-corrected chi connectivity index (χ4v) is 3.77. The van der Waals surface area contributed by atoms with E-state index >= 15 is 0 Å². The lowest BCUT2D eigenvalue weighted by atomic mass is 9.84. The van der Waals surface area contributed by atoms with Crippen LogP contribution in [0.1, 0.15) is 60.5 Å². The minimum absolute atomic E-state index is 0.0581. The smallest absolute Gasteiger partial charge is 0.254 e. The number of amides is 2. The van der Waals surface area contributed by atoms with Gasteiger partial charge in [0.15, 0.2) is 0 Å². The van der Waals surface area contributed by atoms with Crippen molar-refractivity contribution in [2.75, 3.05) is 33.3 Å². The average Bonchev–Trinajstić information content (AvgIpc) is 2.59. The van der Waals surface area contributed by atoms with Crippen molar-refractivity contribution < 1.29 is 14.3 Å². The molecule has 1 aromatic carbocycles. The molecule has 2 aliphatic rings. The van der Waals surface area contributed by atoms with E-state index in [1.54, 1.807) is 7.11 Å². The second kappa shape index (κ2) is 7.68. The first-order valence-electron chi connectivity index (χ1n) is 9.69. The summed E-state index contributed by atoms with van der Waals surface area (Å²) < 4.78 is 5.48. The number of carbonyl (C=O) groups excluding carboxylic acids is 2. The number of nitrogens with zero attached hydrogens (tertiary/aromatic N) is 2. The summed E-state index contributed by atoms with van der Waals surface area (Å²) in [5.74, 6) is 1.70. The fraction of sp³-hybridized carbons (Fsp3) is 0.619. The molecule has 1 saturated heterocycles. The first-order chi connectivity index (χ1) is 12.4. The van der Waals surface area contributed by atoms with Crippen LogP contribution in [0.4, 0.5) is 0 Å². The van der Waals surface area contributed by atoms with Crippen molar-refractivity contribution in [1.29, 1.82) is 0 Å². The molecule has 1 aromatic rings. The minimum atomic E-state index is 0.0581. The van der Waals surface area contributed by atoms with E-state index in [1.165, 1.54) is 6.42 Å². The molecule has 0 spiro atoms. The lowest BCUT2D eigenvalue weighted by molar-refractivity contribution is -0.139. The van der Waals surface area contributed by atoms with Crippen LogP contribution in [0.2, 0.25) is 0 Å². The molecule has 1 aliphatic carbocycles. The quantitative estimate of drug-likeness (QED) is 0.830. The molecule has 1 saturated carbocycles. The number of methoxy groups -OCH3 is 1. The summed E-state index contributed by atoms with van der Waals surface area (Å²) in [7, 11) is 1.67. The standard InChI is InChI=1S/C21H30N2O3/c1-14(2)17-13-18(15(3)12-19(17)26-4)21(25)23-10-8-22(9-11-23)20(24)16-6-5-7-16/h12-14,16H,5-11H2,1-4H3. The van der Waals surface area contributed by atoms with Crippen LogP contribution in [0.5, 0.6) is 5.75 Å². The lowest BCUT2D eigenvalue weighted by Crippen LogP contribution is -2.52. The van der Waals surface area contributed by atoms with Crippen LogP contribution in [0, 0.1) is 12.8 Å². The number of carbonyl (C=O) groups is 2. The highest BCUT2D eigenvalue weighted by Gasteiger charge is 2.32. The molecule has 3 rings (SSSR count). The summed E-state index contributed by atoms with van der Waals surface area (Å²) >= 11 is 0. The average molecular weight is 358 g/mol. The third-order valence-corrected chi connectivity index (χ3v) is 5.76. The molecule has 2 fully saturated rings. The Bertz CT molecular complexity index is 687. The highest BCUT2D eigenvalue weighted by atomic mass is 16.5. The maximum atomic E-state index is 13.1. The van der Waals surface area contributed by atoms with Gasteiger partial charge in [0.1, 0.15) is 5.75 Å². The Labute approximate surface area is 156 Å². The third kappa shape index (κ3) is 3.57. The van der Waals surface area contributed by atoms with Gasteiger partial charge in [0, 0.05) is 37.7 Å². The predicted molar refractivity (Wildman–Crippen MR) is 102 cm³/mol. The highest BCUT2D eigenvalue weighted by Crippen LogP contribution is 2.31. The van der Waals surface area contributed by atoms with E-state index in [0.29, 0.717) is 26.2 Å². The van der Waals surface area contributed by atoms with Gasteiger partial charge >= 0.3 is 0 Å². The molecule has 5 nitrogen and oxygen atoms in total.